The van der Waals surface area contributed by atoms with E-state index in [2.05, 4.69) is 67.6 Å². The fourth-order valence-electron chi connectivity index (χ4n) is 1.92. The molecule has 0 radical (unpaired) electrons. The first-order valence-electron chi connectivity index (χ1n) is 5.34. The maximum atomic E-state index is 2.34. The summed E-state index contributed by atoms with van der Waals surface area (Å²) in [4.78, 5) is 2.20. The summed E-state index contributed by atoms with van der Waals surface area (Å²) in [5.74, 6) is 0.473. The first kappa shape index (κ1) is 10.2. The summed E-state index contributed by atoms with van der Waals surface area (Å²) < 4.78 is 0. The molecule has 0 fully saturated rings. The van der Waals surface area contributed by atoms with Crippen molar-refractivity contribution in [2.75, 3.05) is 20.6 Å². The molecular weight excluding hydrogens is 182 g/mol. The topological polar surface area (TPSA) is 3.24 Å². The summed E-state index contributed by atoms with van der Waals surface area (Å²) >= 11 is 0. The van der Waals surface area contributed by atoms with Crippen molar-refractivity contribution in [3.8, 4) is 0 Å². The Labute approximate surface area is 91.7 Å². The van der Waals surface area contributed by atoms with Gasteiger partial charge in [0, 0.05) is 12.5 Å². The molecule has 0 N–H and O–H groups in total. The van der Waals surface area contributed by atoms with Gasteiger partial charge in [-0.15, -0.1) is 0 Å². The van der Waals surface area contributed by atoms with E-state index in [1.54, 1.807) is 0 Å². The van der Waals surface area contributed by atoms with Crippen LogP contribution in [0.25, 0.3) is 0 Å². The Morgan fingerprint density at radius 2 is 1.87 bits per heavy atom. The van der Waals surface area contributed by atoms with Crippen LogP contribution >= 0.6 is 0 Å². The zero-order valence-corrected chi connectivity index (χ0v) is 9.35. The molecule has 0 saturated carbocycles. The van der Waals surface area contributed by atoms with Gasteiger partial charge in [-0.1, -0.05) is 48.6 Å². The van der Waals surface area contributed by atoms with Crippen LogP contribution in [0.1, 0.15) is 11.5 Å². The zero-order chi connectivity index (χ0) is 10.7. The average molecular weight is 199 g/mol. The van der Waals surface area contributed by atoms with Crippen molar-refractivity contribution >= 4 is 0 Å². The predicted octanol–water partition coefficient (Wildman–Crippen LogP) is 2.83. The first-order valence-corrected chi connectivity index (χ1v) is 5.34. The molecule has 15 heavy (non-hydrogen) atoms. The first-order chi connectivity index (χ1) is 7.25. The van der Waals surface area contributed by atoms with Gasteiger partial charge in [-0.05, 0) is 25.2 Å². The van der Waals surface area contributed by atoms with Crippen LogP contribution < -0.4 is 0 Å². The zero-order valence-electron chi connectivity index (χ0n) is 9.35. The van der Waals surface area contributed by atoms with Crippen molar-refractivity contribution in [3.63, 3.8) is 0 Å². The van der Waals surface area contributed by atoms with Crippen molar-refractivity contribution in [1.29, 1.82) is 0 Å². The molecule has 0 bridgehead atoms. The molecule has 0 aliphatic heterocycles. The summed E-state index contributed by atoms with van der Waals surface area (Å²) in [7, 11) is 4.20. The van der Waals surface area contributed by atoms with Gasteiger partial charge in [0.05, 0.1) is 0 Å². The lowest BCUT2D eigenvalue weighted by Gasteiger charge is -2.09. The van der Waals surface area contributed by atoms with Gasteiger partial charge in [0.2, 0.25) is 0 Å². The minimum atomic E-state index is 0.473. The highest BCUT2D eigenvalue weighted by Gasteiger charge is 2.11. The Bertz CT molecular complexity index is 374. The molecule has 1 aliphatic rings. The Morgan fingerprint density at radius 1 is 1.13 bits per heavy atom. The number of benzene rings is 1. The van der Waals surface area contributed by atoms with E-state index in [1.165, 1.54) is 11.1 Å². The van der Waals surface area contributed by atoms with E-state index >= 15 is 0 Å². The third-order valence-corrected chi connectivity index (χ3v) is 2.59. The van der Waals surface area contributed by atoms with Crippen molar-refractivity contribution < 1.29 is 0 Å². The second-order valence-corrected chi connectivity index (χ2v) is 4.27. The monoisotopic (exact) mass is 199 g/mol. The lowest BCUT2D eigenvalue weighted by Crippen LogP contribution is -2.13. The summed E-state index contributed by atoms with van der Waals surface area (Å²) in [5.41, 5.74) is 2.79. The van der Waals surface area contributed by atoms with E-state index in [0.717, 1.165) is 6.54 Å². The molecule has 1 aliphatic carbocycles. The van der Waals surface area contributed by atoms with Gasteiger partial charge in [0.25, 0.3) is 0 Å². The van der Waals surface area contributed by atoms with Crippen LogP contribution in [0, 0.1) is 0 Å². The summed E-state index contributed by atoms with van der Waals surface area (Å²) in [6, 6.07) is 10.6. The maximum absolute atomic E-state index is 2.34. The molecule has 0 saturated heterocycles. The fraction of sp³-hybridized carbons (Fsp3) is 0.286. The fourth-order valence-corrected chi connectivity index (χ4v) is 1.92. The van der Waals surface area contributed by atoms with E-state index in [0.29, 0.717) is 5.92 Å². The van der Waals surface area contributed by atoms with Crippen LogP contribution in [0.15, 0.2) is 54.1 Å². The largest absolute Gasteiger partial charge is 0.305 e. The molecular formula is C14H17N. The highest BCUT2D eigenvalue weighted by molar-refractivity contribution is 5.40. The van der Waals surface area contributed by atoms with Crippen LogP contribution in [0.2, 0.25) is 0 Å². The Kier molecular flexibility index (Phi) is 3.02. The van der Waals surface area contributed by atoms with Crippen molar-refractivity contribution in [1.82, 2.24) is 4.90 Å². The van der Waals surface area contributed by atoms with E-state index in [-0.39, 0.29) is 0 Å². The molecule has 0 aromatic heterocycles. The molecule has 1 aromatic rings. The van der Waals surface area contributed by atoms with Gasteiger partial charge in [0.1, 0.15) is 0 Å². The van der Waals surface area contributed by atoms with Gasteiger partial charge in [-0.2, -0.15) is 0 Å². The van der Waals surface area contributed by atoms with Gasteiger partial charge >= 0.3 is 0 Å². The Balaban J connectivity index is 2.10. The molecule has 1 nitrogen and oxygen atoms in total. The molecule has 1 heteroatoms. The number of hydrogen-bond acceptors (Lipinski definition) is 1. The van der Waals surface area contributed by atoms with Gasteiger partial charge in [0.15, 0.2) is 0 Å². The summed E-state index contributed by atoms with van der Waals surface area (Å²) in [6.45, 7) is 1.03. The van der Waals surface area contributed by atoms with E-state index in [4.69, 9.17) is 0 Å². The third-order valence-electron chi connectivity index (χ3n) is 2.59. The van der Waals surface area contributed by atoms with Crippen molar-refractivity contribution in [3.05, 3.63) is 59.7 Å². The van der Waals surface area contributed by atoms with E-state index in [9.17, 15) is 0 Å². The SMILES string of the molecule is CN(C)CC1=CC(c2ccccc2)C=C1. The molecule has 0 spiro atoms. The number of likely N-dealkylation sites (N-methyl/N-ethyl adjacent to an activating group) is 1. The normalized spacial score (nSPS) is 19.7. The highest BCUT2D eigenvalue weighted by Crippen LogP contribution is 2.26. The smallest absolute Gasteiger partial charge is 0.0224 e. The molecule has 1 aromatic carbocycles. The molecule has 0 amide bonds. The third kappa shape index (κ3) is 2.57. The minimum Gasteiger partial charge on any atom is -0.305 e. The van der Waals surface area contributed by atoms with Crippen LogP contribution in [-0.2, 0) is 0 Å². The number of allylic oxidation sites excluding steroid dienone is 2. The second-order valence-electron chi connectivity index (χ2n) is 4.27. The van der Waals surface area contributed by atoms with E-state index < -0.39 is 0 Å². The van der Waals surface area contributed by atoms with Gasteiger partial charge < -0.3 is 4.90 Å². The quantitative estimate of drug-likeness (QED) is 0.723. The lowest BCUT2D eigenvalue weighted by molar-refractivity contribution is 0.449. The molecule has 1 unspecified atom stereocenters. The van der Waals surface area contributed by atoms with Crippen LogP contribution in [0.3, 0.4) is 0 Å². The van der Waals surface area contributed by atoms with Crippen LogP contribution in [0.4, 0.5) is 0 Å². The van der Waals surface area contributed by atoms with Gasteiger partial charge in [-0.3, -0.25) is 0 Å². The second kappa shape index (κ2) is 4.45. The lowest BCUT2D eigenvalue weighted by atomic mass is 10.0. The van der Waals surface area contributed by atoms with E-state index in [1.807, 2.05) is 0 Å². The predicted molar refractivity (Wildman–Crippen MR) is 65.0 cm³/mol. The van der Waals surface area contributed by atoms with Crippen molar-refractivity contribution in [2.24, 2.45) is 0 Å². The Hall–Kier alpha value is -1.34. The van der Waals surface area contributed by atoms with Gasteiger partial charge in [-0.25, -0.2) is 0 Å². The maximum Gasteiger partial charge on any atom is 0.0224 e. The van der Waals surface area contributed by atoms with Crippen molar-refractivity contribution in [2.45, 2.75) is 5.92 Å². The van der Waals surface area contributed by atoms with Crippen LogP contribution in [-0.4, -0.2) is 25.5 Å². The minimum absolute atomic E-state index is 0.473. The number of nitrogens with zero attached hydrogens (tertiary/aromatic N) is 1. The molecule has 0 heterocycles. The molecule has 2 rings (SSSR count). The average Bonchev–Trinajstić information content (AvgIpc) is 2.67. The number of rotatable bonds is 3. The summed E-state index contributed by atoms with van der Waals surface area (Å²) in [5, 5.41) is 0. The highest BCUT2D eigenvalue weighted by atomic mass is 15.0. The summed E-state index contributed by atoms with van der Waals surface area (Å²) in [6.07, 6.45) is 6.85. The molecule has 1 atom stereocenters. The van der Waals surface area contributed by atoms with Crippen LogP contribution in [0.5, 0.6) is 0 Å². The number of hydrogen-bond donors (Lipinski definition) is 0. The molecule has 78 valence electrons. The standard InChI is InChI=1S/C14H17N/c1-15(2)11-12-8-9-14(10-12)13-6-4-3-5-7-13/h3-10,14H,11H2,1-2H3. The Morgan fingerprint density at radius 3 is 2.53 bits per heavy atom.